The first kappa shape index (κ1) is 49.9. The lowest BCUT2D eigenvalue weighted by Crippen LogP contribution is -2.59. The van der Waals surface area contributed by atoms with Crippen LogP contribution >= 0.6 is 0 Å². The third-order valence-electron chi connectivity index (χ3n) is 18.9. The number of nitrogens with one attached hydrogen (secondary N) is 2. The second kappa shape index (κ2) is 20.2. The fourth-order valence-electron chi connectivity index (χ4n) is 14.0. The van der Waals surface area contributed by atoms with Gasteiger partial charge in [0.25, 0.3) is 0 Å². The second-order valence-electron chi connectivity index (χ2n) is 23.8. The SMILES string of the molecule is CC(C)n1cnc2cc(-c3ccc4c(c3)N(C3CC(N5CCCCC5)C3)C(=O)C43CCN(C(=O)C4(C)CCN(C(=O)C5CCN(c6ccc(C7CCC(=O)NC7=O)cn6)CC5)CC4)CC3)nc(NC3CCOCC3)c21. The number of ether oxygens (including phenoxy) is 1. The van der Waals surface area contributed by atoms with Crippen LogP contribution in [0.5, 0.6) is 0 Å². The number of hydrogen-bond donors (Lipinski definition) is 2. The molecule has 75 heavy (non-hydrogen) atoms. The maximum atomic E-state index is 15.4. The van der Waals surface area contributed by atoms with E-state index >= 15 is 4.79 Å². The number of carbonyl (C=O) groups excluding carboxylic acids is 5. The molecule has 3 aromatic heterocycles. The highest BCUT2D eigenvalue weighted by Crippen LogP contribution is 2.53. The van der Waals surface area contributed by atoms with E-state index in [4.69, 9.17) is 14.7 Å². The molecule has 2 N–H and O–H groups in total. The Kier molecular flexibility index (Phi) is 13.4. The average Bonchev–Trinajstić information content (AvgIpc) is 3.98. The third kappa shape index (κ3) is 9.26. The molecule has 12 rings (SSSR count). The standard InChI is InChI=1S/C58H75N11O6/c1-37(2)68-36-60-47-34-46(62-52(51(47)68)61-41-15-29-75-30-16-41)39-7-10-45-48(31-39)69(43-32-42(33-43)64-21-5-4-6-22-64)56(74)58(45)19-27-67(28-20-58)55(73)57(3)17-25-66(26-18-57)54(72)38-13-23-65(24-14-38)49-11-8-40(35-59-49)44-9-12-50(70)63-53(44)71/h7-8,10-11,31,34-38,41-44H,4-6,9,12-30,32-33H2,1-3H3,(H,61,62)(H,63,70,71). The zero-order chi connectivity index (χ0) is 51.6. The molecule has 10 heterocycles. The third-order valence-corrected chi connectivity index (χ3v) is 18.9. The van der Waals surface area contributed by atoms with Crippen molar-refractivity contribution < 1.29 is 28.7 Å². The van der Waals surface area contributed by atoms with Crippen LogP contribution in [0.2, 0.25) is 0 Å². The topological polar surface area (TPSA) is 178 Å². The Labute approximate surface area is 440 Å². The average molecular weight is 1020 g/mol. The number of hydrogen-bond acceptors (Lipinski definition) is 12. The lowest BCUT2D eigenvalue weighted by molar-refractivity contribution is -0.150. The van der Waals surface area contributed by atoms with Crippen molar-refractivity contribution in [2.75, 3.05) is 80.7 Å². The number of nitrogens with zero attached hydrogens (tertiary/aromatic N) is 9. The molecule has 1 atom stereocenters. The molecule has 6 saturated heterocycles. The highest BCUT2D eigenvalue weighted by Gasteiger charge is 2.56. The molecule has 1 unspecified atom stereocenters. The van der Waals surface area contributed by atoms with Crippen LogP contribution in [-0.2, 0) is 34.1 Å². The minimum atomic E-state index is -0.703. The van der Waals surface area contributed by atoms with Crippen molar-refractivity contribution in [1.29, 1.82) is 0 Å². The fourth-order valence-corrected chi connectivity index (χ4v) is 14.0. The quantitative estimate of drug-likeness (QED) is 0.157. The summed E-state index contributed by atoms with van der Waals surface area (Å²) in [4.78, 5) is 93.9. The van der Waals surface area contributed by atoms with Crippen LogP contribution in [0.3, 0.4) is 0 Å². The number of rotatable bonds is 10. The fraction of sp³-hybridized carbons (Fsp3) is 0.621. The smallest absolute Gasteiger partial charge is 0.238 e. The van der Waals surface area contributed by atoms with Crippen LogP contribution in [0.1, 0.15) is 140 Å². The highest BCUT2D eigenvalue weighted by atomic mass is 16.5. The molecule has 17 heteroatoms. The molecule has 4 aromatic rings. The highest BCUT2D eigenvalue weighted by molar-refractivity contribution is 6.09. The number of imide groups is 1. The van der Waals surface area contributed by atoms with Crippen molar-refractivity contribution >= 4 is 57.9 Å². The van der Waals surface area contributed by atoms with Crippen LogP contribution < -0.4 is 20.4 Å². The lowest BCUT2D eigenvalue weighted by Gasteiger charge is -2.48. The summed E-state index contributed by atoms with van der Waals surface area (Å²) in [6, 6.07) is 13.6. The van der Waals surface area contributed by atoms with Gasteiger partial charge in [0.2, 0.25) is 29.5 Å². The minimum Gasteiger partial charge on any atom is -0.381 e. The first-order valence-corrected chi connectivity index (χ1v) is 28.4. The largest absolute Gasteiger partial charge is 0.381 e. The molecule has 0 radical (unpaired) electrons. The molecular weight excluding hydrogens is 947 g/mol. The Morgan fingerprint density at radius 1 is 0.800 bits per heavy atom. The first-order chi connectivity index (χ1) is 36.4. The summed E-state index contributed by atoms with van der Waals surface area (Å²) in [5.41, 5.74) is 5.30. The molecule has 0 bridgehead atoms. The summed E-state index contributed by atoms with van der Waals surface area (Å²) in [6.07, 6.45) is 15.9. The molecular formula is C58H75N11O6. The second-order valence-corrected chi connectivity index (χ2v) is 23.8. The predicted octanol–water partition coefficient (Wildman–Crippen LogP) is 6.95. The zero-order valence-electron chi connectivity index (χ0n) is 44.2. The number of fused-ring (bicyclic) bond motifs is 3. The van der Waals surface area contributed by atoms with Crippen molar-refractivity contribution in [2.24, 2.45) is 11.3 Å². The molecule has 17 nitrogen and oxygen atoms in total. The number of amides is 5. The van der Waals surface area contributed by atoms with Gasteiger partial charge >= 0.3 is 0 Å². The molecule has 7 aliphatic heterocycles. The Balaban J connectivity index is 0.714. The van der Waals surface area contributed by atoms with E-state index in [2.05, 4.69) is 79.9 Å². The van der Waals surface area contributed by atoms with Gasteiger partial charge in [0.15, 0.2) is 5.82 Å². The summed E-state index contributed by atoms with van der Waals surface area (Å²) in [5, 5.41) is 6.22. The zero-order valence-corrected chi connectivity index (χ0v) is 44.2. The lowest BCUT2D eigenvalue weighted by atomic mass is 9.72. The maximum absolute atomic E-state index is 15.4. The molecule has 8 aliphatic rings. The van der Waals surface area contributed by atoms with E-state index in [-0.39, 0.29) is 59.5 Å². The van der Waals surface area contributed by atoms with E-state index in [1.807, 2.05) is 28.3 Å². The molecule has 1 saturated carbocycles. The summed E-state index contributed by atoms with van der Waals surface area (Å²) >= 11 is 0. The van der Waals surface area contributed by atoms with Crippen molar-refractivity contribution in [3.05, 3.63) is 60.0 Å². The Hall–Kier alpha value is -5.94. The molecule has 398 valence electrons. The van der Waals surface area contributed by atoms with Gasteiger partial charge in [-0.05, 0) is 140 Å². The number of piperidine rings is 5. The van der Waals surface area contributed by atoms with Gasteiger partial charge in [-0.3, -0.25) is 29.3 Å². The van der Waals surface area contributed by atoms with Gasteiger partial charge in [0.05, 0.1) is 28.9 Å². The monoisotopic (exact) mass is 1020 g/mol. The van der Waals surface area contributed by atoms with Crippen LogP contribution in [0.25, 0.3) is 22.3 Å². The number of anilines is 3. The number of likely N-dealkylation sites (tertiary alicyclic amines) is 3. The Bertz CT molecular complexity index is 2820. The number of carbonyl (C=O) groups is 5. The van der Waals surface area contributed by atoms with Crippen LogP contribution in [0, 0.1) is 11.3 Å². The van der Waals surface area contributed by atoms with E-state index < -0.39 is 10.8 Å². The summed E-state index contributed by atoms with van der Waals surface area (Å²) in [6.45, 7) is 13.7. The van der Waals surface area contributed by atoms with Gasteiger partial charge in [-0.2, -0.15) is 0 Å². The van der Waals surface area contributed by atoms with Crippen LogP contribution in [0.15, 0.2) is 48.9 Å². The van der Waals surface area contributed by atoms with E-state index in [0.717, 1.165) is 116 Å². The number of benzene rings is 1. The predicted molar refractivity (Wildman–Crippen MR) is 286 cm³/mol. The molecule has 1 aromatic carbocycles. The molecule has 1 spiro atoms. The van der Waals surface area contributed by atoms with Crippen molar-refractivity contribution in [3.63, 3.8) is 0 Å². The van der Waals surface area contributed by atoms with Gasteiger partial charge < -0.3 is 39.1 Å². The van der Waals surface area contributed by atoms with E-state index in [1.165, 1.54) is 19.3 Å². The summed E-state index contributed by atoms with van der Waals surface area (Å²) < 4.78 is 7.89. The maximum Gasteiger partial charge on any atom is 0.238 e. The van der Waals surface area contributed by atoms with E-state index in [0.29, 0.717) is 83.8 Å². The van der Waals surface area contributed by atoms with Gasteiger partial charge in [-0.1, -0.05) is 31.5 Å². The molecule has 7 fully saturated rings. The first-order valence-electron chi connectivity index (χ1n) is 28.4. The Morgan fingerprint density at radius 3 is 2.23 bits per heavy atom. The minimum absolute atomic E-state index is 0.0773. The van der Waals surface area contributed by atoms with Gasteiger partial charge in [0, 0.05) is 112 Å². The van der Waals surface area contributed by atoms with E-state index in [9.17, 15) is 19.2 Å². The number of imidazole rings is 1. The van der Waals surface area contributed by atoms with Gasteiger partial charge in [-0.15, -0.1) is 0 Å². The molecule has 1 aliphatic carbocycles. The number of aromatic nitrogens is 4. The van der Waals surface area contributed by atoms with Gasteiger partial charge in [0.1, 0.15) is 11.3 Å². The molecule has 5 amide bonds. The summed E-state index contributed by atoms with van der Waals surface area (Å²) in [5.74, 6) is 1.22. The van der Waals surface area contributed by atoms with Crippen molar-refractivity contribution in [2.45, 2.75) is 153 Å². The Morgan fingerprint density at radius 2 is 1.53 bits per heavy atom. The van der Waals surface area contributed by atoms with Gasteiger partial charge in [-0.25, -0.2) is 15.0 Å². The normalized spacial score (nSPS) is 25.7. The summed E-state index contributed by atoms with van der Waals surface area (Å²) in [7, 11) is 0. The number of pyridine rings is 2. The van der Waals surface area contributed by atoms with Crippen molar-refractivity contribution in [1.82, 2.24) is 39.5 Å². The van der Waals surface area contributed by atoms with Crippen molar-refractivity contribution in [3.8, 4) is 11.3 Å². The van der Waals surface area contributed by atoms with Crippen LogP contribution in [0.4, 0.5) is 17.3 Å². The van der Waals surface area contributed by atoms with Crippen LogP contribution in [-0.4, -0.2) is 147 Å². The van der Waals surface area contributed by atoms with E-state index in [1.54, 1.807) is 6.20 Å².